The van der Waals surface area contributed by atoms with Crippen LogP contribution in [0.1, 0.15) is 33.7 Å². The Bertz CT molecular complexity index is 1580. The molecule has 0 spiro atoms. The van der Waals surface area contributed by atoms with E-state index in [9.17, 15) is 18.0 Å². The summed E-state index contributed by atoms with van der Waals surface area (Å²) in [7, 11) is -2.37. The van der Waals surface area contributed by atoms with E-state index in [1.807, 2.05) is 6.07 Å². The monoisotopic (exact) mass is 606 g/mol. The number of rotatable bonds is 6. The first-order chi connectivity index (χ1) is 18.6. The van der Waals surface area contributed by atoms with E-state index in [0.717, 1.165) is 38.4 Å². The number of nitrogens with zero attached hydrogens (tertiary/aromatic N) is 5. The fourth-order valence-corrected chi connectivity index (χ4v) is 9.09. The zero-order valence-corrected chi connectivity index (χ0v) is 24.6. The van der Waals surface area contributed by atoms with Gasteiger partial charge in [0, 0.05) is 66.7 Å². The highest BCUT2D eigenvalue weighted by Gasteiger charge is 2.39. The van der Waals surface area contributed by atoms with Crippen LogP contribution in [0.4, 0.5) is 0 Å². The maximum Gasteiger partial charge on any atom is 0.283 e. The third-order valence-corrected chi connectivity index (χ3v) is 11.7. The van der Waals surface area contributed by atoms with Crippen molar-refractivity contribution in [2.45, 2.75) is 42.6 Å². The molecule has 1 aromatic carbocycles. The summed E-state index contributed by atoms with van der Waals surface area (Å²) in [4.78, 5) is 35.0. The van der Waals surface area contributed by atoms with Gasteiger partial charge in [-0.25, -0.2) is 13.4 Å². The molecule has 0 radical (unpaired) electrons. The summed E-state index contributed by atoms with van der Waals surface area (Å²) < 4.78 is 29.6. The normalized spacial score (nSPS) is 20.0. The summed E-state index contributed by atoms with van der Waals surface area (Å²) in [5.41, 5.74) is 0.905. The molecule has 4 heterocycles. The number of carbonyl (C=O) groups is 2. The van der Waals surface area contributed by atoms with Crippen molar-refractivity contribution in [3.63, 3.8) is 0 Å². The van der Waals surface area contributed by atoms with Crippen LogP contribution in [-0.4, -0.2) is 84.6 Å². The number of hydrogen-bond donors (Lipinski definition) is 1. The van der Waals surface area contributed by atoms with E-state index in [2.05, 4.69) is 17.2 Å². The predicted octanol–water partition coefficient (Wildman–Crippen LogP) is 2.93. The summed E-state index contributed by atoms with van der Waals surface area (Å²) in [6.07, 6.45) is 0.619. The molecule has 2 amide bonds. The molecule has 2 aliphatic rings. The van der Waals surface area contributed by atoms with E-state index in [0.29, 0.717) is 16.6 Å². The highest BCUT2D eigenvalue weighted by molar-refractivity contribution is 7.91. The lowest BCUT2D eigenvalue weighted by atomic mass is 10.1. The fraction of sp³-hybridized carbons (Fsp3) is 0.440. The first kappa shape index (κ1) is 27.9. The highest BCUT2D eigenvalue weighted by atomic mass is 35.5. The number of fused-ring (bicyclic) bond motifs is 2. The highest BCUT2D eigenvalue weighted by Crippen LogP contribution is 2.34. The lowest BCUT2D eigenvalue weighted by Crippen LogP contribution is -2.57. The average molecular weight is 607 g/mol. The van der Waals surface area contributed by atoms with E-state index >= 15 is 0 Å². The number of amides is 2. The van der Waals surface area contributed by atoms with Crippen molar-refractivity contribution in [1.82, 2.24) is 24.4 Å². The number of benzene rings is 1. The standard InChI is InChI=1S/C25H27ClN6O4S3/c1-15-9-19-21(13-28-15)38-24(29-19)25(34)32-8-7-31(14-18(32)12-22(33)30(2)6-5-27)39(35,36)23-10-16-3-4-17(26)11-20(16)37-23/h3-4,10-11,15,18,28H,6-9,12-14H2,1-2H3. The molecule has 1 saturated heterocycles. The molecule has 10 nitrogen and oxygen atoms in total. The zero-order chi connectivity index (χ0) is 27.9. The zero-order valence-electron chi connectivity index (χ0n) is 21.4. The van der Waals surface area contributed by atoms with Crippen LogP contribution >= 0.6 is 34.3 Å². The molecule has 2 aliphatic heterocycles. The van der Waals surface area contributed by atoms with Gasteiger partial charge in [-0.3, -0.25) is 9.59 Å². The SMILES string of the molecule is CC1Cc2nc(C(=O)N3CCN(S(=O)(=O)c4cc5ccc(Cl)cc5s4)CC3CC(=O)N(C)CC#N)sc2CN1. The van der Waals surface area contributed by atoms with Crippen molar-refractivity contribution in [3.8, 4) is 6.07 Å². The number of thiazole rings is 1. The smallest absolute Gasteiger partial charge is 0.283 e. The lowest BCUT2D eigenvalue weighted by Gasteiger charge is -2.40. The van der Waals surface area contributed by atoms with Gasteiger partial charge >= 0.3 is 0 Å². The molecule has 14 heteroatoms. The van der Waals surface area contributed by atoms with Crippen LogP contribution < -0.4 is 5.32 Å². The number of aromatic nitrogens is 1. The van der Waals surface area contributed by atoms with Gasteiger partial charge in [-0.05, 0) is 30.5 Å². The Kier molecular flexibility index (Phi) is 7.96. The first-order valence-corrected chi connectivity index (χ1v) is 15.8. The third kappa shape index (κ3) is 5.68. The van der Waals surface area contributed by atoms with Crippen LogP contribution in [0.15, 0.2) is 28.5 Å². The maximum atomic E-state index is 13.7. The van der Waals surface area contributed by atoms with Crippen LogP contribution in [0.25, 0.3) is 10.1 Å². The maximum absolute atomic E-state index is 13.7. The molecule has 2 atom stereocenters. The van der Waals surface area contributed by atoms with Gasteiger partial charge < -0.3 is 15.1 Å². The summed E-state index contributed by atoms with van der Waals surface area (Å²) in [6.45, 7) is 2.77. The number of thiophene rings is 1. The van der Waals surface area contributed by atoms with Crippen molar-refractivity contribution < 1.29 is 18.0 Å². The summed E-state index contributed by atoms with van der Waals surface area (Å²) in [6, 6.07) is 8.34. The van der Waals surface area contributed by atoms with Gasteiger partial charge in [0.05, 0.1) is 17.8 Å². The molecule has 3 aromatic rings. The van der Waals surface area contributed by atoms with E-state index in [-0.39, 0.29) is 54.7 Å². The van der Waals surface area contributed by atoms with E-state index in [4.69, 9.17) is 16.9 Å². The lowest BCUT2D eigenvalue weighted by molar-refractivity contribution is -0.130. The van der Waals surface area contributed by atoms with Gasteiger partial charge in [-0.15, -0.1) is 22.7 Å². The summed E-state index contributed by atoms with van der Waals surface area (Å²) in [5, 5.41) is 14.0. The second kappa shape index (κ2) is 11.1. The van der Waals surface area contributed by atoms with Crippen molar-refractivity contribution in [2.24, 2.45) is 0 Å². The first-order valence-electron chi connectivity index (χ1n) is 12.4. The van der Waals surface area contributed by atoms with Crippen LogP contribution in [-0.2, 0) is 27.8 Å². The largest absolute Gasteiger partial charge is 0.332 e. The molecule has 0 saturated carbocycles. The molecule has 206 valence electrons. The topological polar surface area (TPSA) is 127 Å². The minimum atomic E-state index is -3.89. The second-order valence-electron chi connectivity index (χ2n) is 9.75. The van der Waals surface area contributed by atoms with Crippen LogP contribution in [0.2, 0.25) is 5.02 Å². The molecule has 1 N–H and O–H groups in total. The Hall–Kier alpha value is -2.60. The number of halogens is 1. The Morgan fingerprint density at radius 3 is 2.85 bits per heavy atom. The van der Waals surface area contributed by atoms with E-state index < -0.39 is 16.1 Å². The van der Waals surface area contributed by atoms with Crippen molar-refractivity contribution in [2.75, 3.05) is 33.2 Å². The minimum absolute atomic E-state index is 0.0428. The number of sulfonamides is 1. The van der Waals surface area contributed by atoms with Crippen molar-refractivity contribution in [3.05, 3.63) is 44.9 Å². The van der Waals surface area contributed by atoms with Crippen LogP contribution in [0, 0.1) is 11.3 Å². The summed E-state index contributed by atoms with van der Waals surface area (Å²) in [5.74, 6) is -0.650. The predicted molar refractivity (Wildman–Crippen MR) is 150 cm³/mol. The van der Waals surface area contributed by atoms with Gasteiger partial charge in [0.1, 0.15) is 10.8 Å². The van der Waals surface area contributed by atoms with Gasteiger partial charge in [0.2, 0.25) is 5.91 Å². The van der Waals surface area contributed by atoms with Crippen molar-refractivity contribution >= 4 is 66.2 Å². The molecule has 39 heavy (non-hydrogen) atoms. The quantitative estimate of drug-likeness (QED) is 0.428. The number of carbonyl (C=O) groups excluding carboxylic acids is 2. The van der Waals surface area contributed by atoms with Crippen molar-refractivity contribution in [1.29, 1.82) is 5.26 Å². The molecular weight excluding hydrogens is 580 g/mol. The second-order valence-corrected chi connectivity index (χ2v) is 14.5. The molecular formula is C25H27ClN6O4S3. The average Bonchev–Trinajstić information content (AvgIpc) is 3.52. The Morgan fingerprint density at radius 2 is 2.08 bits per heavy atom. The summed E-state index contributed by atoms with van der Waals surface area (Å²) >= 11 is 8.56. The molecule has 5 rings (SSSR count). The third-order valence-electron chi connectivity index (χ3n) is 6.98. The molecule has 0 aliphatic carbocycles. The molecule has 2 unspecified atom stereocenters. The van der Waals surface area contributed by atoms with Crippen LogP contribution in [0.5, 0.6) is 0 Å². The Balaban J connectivity index is 1.42. The Labute approximate surface area is 239 Å². The number of nitrogens with one attached hydrogen (secondary N) is 1. The molecule has 1 fully saturated rings. The number of nitriles is 1. The molecule has 0 bridgehead atoms. The Morgan fingerprint density at radius 1 is 1.28 bits per heavy atom. The minimum Gasteiger partial charge on any atom is -0.332 e. The van der Waals surface area contributed by atoms with Gasteiger partial charge in [0.25, 0.3) is 15.9 Å². The van der Waals surface area contributed by atoms with Gasteiger partial charge in [-0.2, -0.15) is 9.57 Å². The van der Waals surface area contributed by atoms with E-state index in [1.54, 1.807) is 29.2 Å². The van der Waals surface area contributed by atoms with Gasteiger partial charge in [-0.1, -0.05) is 17.7 Å². The van der Waals surface area contributed by atoms with Crippen LogP contribution in [0.3, 0.4) is 0 Å². The number of hydrogen-bond acceptors (Lipinski definition) is 9. The van der Waals surface area contributed by atoms with Gasteiger partial charge in [0.15, 0.2) is 5.01 Å². The van der Waals surface area contributed by atoms with E-state index in [1.165, 1.54) is 27.6 Å². The number of piperazine rings is 1. The fourth-order valence-electron chi connectivity index (χ4n) is 4.80. The molecule has 2 aromatic heterocycles.